The van der Waals surface area contributed by atoms with Crippen molar-refractivity contribution < 1.29 is 18.7 Å². The molecule has 8 heteroatoms. The van der Waals surface area contributed by atoms with Gasteiger partial charge in [-0.25, -0.2) is 4.52 Å². The van der Waals surface area contributed by atoms with Crippen molar-refractivity contribution in [2.75, 3.05) is 6.54 Å². The lowest BCUT2D eigenvalue weighted by Gasteiger charge is -2.45. The second kappa shape index (κ2) is 8.40. The molecule has 36 heavy (non-hydrogen) atoms. The van der Waals surface area contributed by atoms with E-state index in [9.17, 15) is 9.59 Å². The van der Waals surface area contributed by atoms with E-state index < -0.39 is 0 Å². The molecule has 4 aromatic rings. The average Bonchev–Trinajstić information content (AvgIpc) is 3.52. The van der Waals surface area contributed by atoms with Gasteiger partial charge in [0, 0.05) is 42.3 Å². The zero-order valence-electron chi connectivity index (χ0n) is 21.0. The van der Waals surface area contributed by atoms with Crippen LogP contribution < -0.4 is 10.1 Å². The Morgan fingerprint density at radius 3 is 2.67 bits per heavy atom. The molecule has 6 rings (SSSR count). The lowest BCUT2D eigenvalue weighted by atomic mass is 9.94. The Bertz CT molecular complexity index is 1510. The second-order valence-corrected chi connectivity index (χ2v) is 10.2. The molecule has 2 aliphatic rings. The van der Waals surface area contributed by atoms with E-state index in [1.807, 2.05) is 24.0 Å². The number of aromatic nitrogens is 2. The minimum absolute atomic E-state index is 0.0233. The van der Waals surface area contributed by atoms with Crippen molar-refractivity contribution in [1.82, 2.24) is 19.8 Å². The highest BCUT2D eigenvalue weighted by atomic mass is 16.5. The highest BCUT2D eigenvalue weighted by molar-refractivity contribution is 6.07. The monoisotopic (exact) mass is 486 g/mol. The van der Waals surface area contributed by atoms with Crippen LogP contribution in [0, 0.1) is 19.8 Å². The molecule has 2 amide bonds. The van der Waals surface area contributed by atoms with Crippen LogP contribution in [0.3, 0.4) is 0 Å². The molecule has 0 radical (unpaired) electrons. The number of hydrogen-bond donors (Lipinski definition) is 1. The highest BCUT2D eigenvalue weighted by Gasteiger charge is 2.37. The van der Waals surface area contributed by atoms with Crippen LogP contribution in [0.15, 0.2) is 41.1 Å². The van der Waals surface area contributed by atoms with Crippen LogP contribution in [0.4, 0.5) is 0 Å². The van der Waals surface area contributed by atoms with Crippen molar-refractivity contribution in [3.8, 4) is 11.5 Å². The average molecular weight is 487 g/mol. The number of ether oxygens (including phenoxy) is 1. The van der Waals surface area contributed by atoms with Gasteiger partial charge in [-0.3, -0.25) is 9.59 Å². The Balaban J connectivity index is 1.30. The molecule has 2 atom stereocenters. The van der Waals surface area contributed by atoms with Gasteiger partial charge in [0.15, 0.2) is 5.75 Å². The van der Waals surface area contributed by atoms with E-state index in [0.717, 1.165) is 22.9 Å². The second-order valence-electron chi connectivity index (χ2n) is 10.2. The third kappa shape index (κ3) is 3.72. The van der Waals surface area contributed by atoms with E-state index in [4.69, 9.17) is 9.15 Å². The minimum atomic E-state index is -0.102. The van der Waals surface area contributed by atoms with Crippen molar-refractivity contribution in [2.24, 2.45) is 5.92 Å². The first-order valence-corrected chi connectivity index (χ1v) is 12.6. The number of amides is 2. The summed E-state index contributed by atoms with van der Waals surface area (Å²) in [7, 11) is 0. The molecule has 1 aliphatic carbocycles. The van der Waals surface area contributed by atoms with E-state index in [0.29, 0.717) is 46.4 Å². The number of likely N-dealkylation sites (tertiary alicyclic amines) is 1. The predicted molar refractivity (Wildman–Crippen MR) is 136 cm³/mol. The molecule has 1 saturated carbocycles. The molecule has 1 aromatic carbocycles. The van der Waals surface area contributed by atoms with Crippen LogP contribution in [0.2, 0.25) is 0 Å². The number of furan rings is 1. The number of carbonyl (C=O) groups is 2. The molecule has 0 spiro atoms. The summed E-state index contributed by atoms with van der Waals surface area (Å²) in [6, 6.07) is 7.76. The van der Waals surface area contributed by atoms with Gasteiger partial charge < -0.3 is 19.4 Å². The van der Waals surface area contributed by atoms with Gasteiger partial charge in [0.2, 0.25) is 0 Å². The van der Waals surface area contributed by atoms with Crippen LogP contribution in [-0.2, 0) is 0 Å². The summed E-state index contributed by atoms with van der Waals surface area (Å²) in [5, 5.41) is 8.19. The van der Waals surface area contributed by atoms with Gasteiger partial charge in [0.25, 0.3) is 11.8 Å². The summed E-state index contributed by atoms with van der Waals surface area (Å²) in [6.07, 6.45) is 6.82. The van der Waals surface area contributed by atoms with Gasteiger partial charge in [-0.1, -0.05) is 0 Å². The topological polar surface area (TPSA) is 89.1 Å². The fraction of sp³-hybridized carbons (Fsp3) is 0.393. The van der Waals surface area contributed by atoms with Crippen LogP contribution in [0.25, 0.3) is 16.5 Å². The van der Waals surface area contributed by atoms with Crippen molar-refractivity contribution >= 4 is 28.3 Å². The molecule has 0 unspecified atom stereocenters. The molecular formula is C28H30N4O4. The van der Waals surface area contributed by atoms with Crippen LogP contribution in [-0.4, -0.2) is 45.0 Å². The molecule has 8 nitrogen and oxygen atoms in total. The number of fused-ring (bicyclic) bond motifs is 2. The largest absolute Gasteiger partial charge is 0.460 e. The van der Waals surface area contributed by atoms with Gasteiger partial charge in [-0.15, -0.1) is 0 Å². The van der Waals surface area contributed by atoms with Crippen molar-refractivity contribution in [2.45, 2.75) is 59.0 Å². The Morgan fingerprint density at radius 1 is 1.17 bits per heavy atom. The zero-order chi connectivity index (χ0) is 25.1. The zero-order valence-corrected chi connectivity index (χ0v) is 21.0. The van der Waals surface area contributed by atoms with Gasteiger partial charge in [-0.2, -0.15) is 5.10 Å². The molecule has 1 N–H and O–H groups in total. The number of rotatable bonds is 6. The molecule has 0 bridgehead atoms. The first-order valence-electron chi connectivity index (χ1n) is 12.6. The fourth-order valence-corrected chi connectivity index (χ4v) is 5.40. The number of nitrogens with one attached hydrogen (secondary N) is 1. The molecule has 1 saturated heterocycles. The van der Waals surface area contributed by atoms with E-state index in [-0.39, 0.29) is 23.9 Å². The molecular weight excluding hydrogens is 456 g/mol. The number of nitrogens with zero attached hydrogens (tertiary/aromatic N) is 3. The quantitative estimate of drug-likeness (QED) is 0.402. The SMILES string of the molecule is Cc1oc2cc(Oc3ccnn4cc(C(=O)N5[C@H](C)C[C@H]5C)c(C)c34)ccc2c1C(=O)NCC1CC1. The number of benzene rings is 1. The third-order valence-corrected chi connectivity index (χ3v) is 7.53. The van der Waals surface area contributed by atoms with Gasteiger partial charge >= 0.3 is 0 Å². The summed E-state index contributed by atoms with van der Waals surface area (Å²) in [4.78, 5) is 27.9. The van der Waals surface area contributed by atoms with Gasteiger partial charge in [0.05, 0.1) is 17.3 Å². The van der Waals surface area contributed by atoms with E-state index >= 15 is 0 Å². The summed E-state index contributed by atoms with van der Waals surface area (Å²) in [5.41, 5.74) is 3.38. The van der Waals surface area contributed by atoms with Gasteiger partial charge in [-0.05, 0) is 70.6 Å². The number of aryl methyl sites for hydroxylation is 2. The Labute approximate surface area is 209 Å². The van der Waals surface area contributed by atoms with E-state index in [1.54, 1.807) is 36.0 Å². The first-order chi connectivity index (χ1) is 17.3. The molecule has 1 aliphatic heterocycles. The van der Waals surface area contributed by atoms with Crippen LogP contribution >= 0.6 is 0 Å². The molecule has 4 heterocycles. The predicted octanol–water partition coefficient (Wildman–Crippen LogP) is 5.25. The van der Waals surface area contributed by atoms with Crippen LogP contribution in [0.5, 0.6) is 11.5 Å². The van der Waals surface area contributed by atoms with Crippen LogP contribution in [0.1, 0.15) is 65.1 Å². The minimum Gasteiger partial charge on any atom is -0.460 e. The smallest absolute Gasteiger partial charge is 0.256 e. The maximum Gasteiger partial charge on any atom is 0.256 e. The maximum absolute atomic E-state index is 13.2. The third-order valence-electron chi connectivity index (χ3n) is 7.53. The van der Waals surface area contributed by atoms with Crippen molar-refractivity contribution in [3.63, 3.8) is 0 Å². The lowest BCUT2D eigenvalue weighted by molar-refractivity contribution is 0.0265. The Morgan fingerprint density at radius 2 is 1.94 bits per heavy atom. The summed E-state index contributed by atoms with van der Waals surface area (Å²) < 4.78 is 13.9. The van der Waals surface area contributed by atoms with Gasteiger partial charge in [0.1, 0.15) is 22.6 Å². The van der Waals surface area contributed by atoms with Crippen molar-refractivity contribution in [1.29, 1.82) is 0 Å². The molecule has 186 valence electrons. The van der Waals surface area contributed by atoms with E-state index in [1.165, 1.54) is 12.8 Å². The standard InChI is InChI=1S/C28H30N4O4/c1-15-11-16(2)32(15)28(34)22-14-31-26(17(22)3)23(9-10-30-31)36-20-7-8-21-24(12-20)35-18(4)25(21)27(33)29-13-19-5-6-19/h7-10,12,14-16,19H,5-6,11,13H2,1-4H3,(H,29,33)/t15-,16-/m1/s1. The number of hydrogen-bond acceptors (Lipinski definition) is 5. The normalized spacial score (nSPS) is 19.5. The highest BCUT2D eigenvalue weighted by Crippen LogP contribution is 2.35. The summed E-state index contributed by atoms with van der Waals surface area (Å²) in [5.74, 6) is 2.28. The lowest BCUT2D eigenvalue weighted by Crippen LogP contribution is -2.55. The summed E-state index contributed by atoms with van der Waals surface area (Å²) >= 11 is 0. The Hall–Kier alpha value is -3.81. The van der Waals surface area contributed by atoms with E-state index in [2.05, 4.69) is 24.3 Å². The first kappa shape index (κ1) is 22.6. The van der Waals surface area contributed by atoms with Crippen molar-refractivity contribution in [3.05, 3.63) is 59.1 Å². The maximum atomic E-state index is 13.2. The fourth-order valence-electron chi connectivity index (χ4n) is 5.40. The number of carbonyl (C=O) groups excluding carboxylic acids is 2. The Kier molecular flexibility index (Phi) is 5.28. The molecule has 3 aromatic heterocycles. The molecule has 2 fully saturated rings. The summed E-state index contributed by atoms with van der Waals surface area (Å²) in [6.45, 7) is 8.59.